The Morgan fingerprint density at radius 3 is 2.53 bits per heavy atom. The van der Waals surface area contributed by atoms with Crippen LogP contribution >= 0.6 is 0 Å². The number of nitro groups is 1. The lowest BCUT2D eigenvalue weighted by Gasteiger charge is -2.06. The summed E-state index contributed by atoms with van der Waals surface area (Å²) in [5.74, 6) is 0.371. The van der Waals surface area contributed by atoms with Gasteiger partial charge in [0, 0.05) is 11.8 Å². The monoisotopic (exact) mass is 230 g/mol. The Balaban J connectivity index is 2.37. The molecule has 0 aliphatic carbocycles. The minimum Gasteiger partial charge on any atom is -0.384 e. The molecule has 2 rings (SSSR count). The van der Waals surface area contributed by atoms with Crippen LogP contribution in [0.1, 0.15) is 0 Å². The first-order chi connectivity index (χ1) is 8.16. The summed E-state index contributed by atoms with van der Waals surface area (Å²) in [6, 6.07) is 11.8. The van der Waals surface area contributed by atoms with Gasteiger partial charge in [0.15, 0.2) is 0 Å². The average molecular weight is 230 g/mol. The summed E-state index contributed by atoms with van der Waals surface area (Å²) in [7, 11) is 0. The summed E-state index contributed by atoms with van der Waals surface area (Å²) in [5, 5.41) is 13.7. The van der Waals surface area contributed by atoms with Crippen LogP contribution in [0, 0.1) is 10.1 Å². The highest BCUT2D eigenvalue weighted by atomic mass is 16.6. The van der Waals surface area contributed by atoms with E-state index in [1.807, 2.05) is 18.2 Å². The van der Waals surface area contributed by atoms with Crippen LogP contribution in [0.25, 0.3) is 0 Å². The molecule has 0 saturated carbocycles. The second-order valence-corrected chi connectivity index (χ2v) is 3.35. The number of nitrogen functional groups attached to an aromatic ring is 1. The van der Waals surface area contributed by atoms with Crippen LogP contribution in [0.4, 0.5) is 23.0 Å². The Morgan fingerprint density at radius 1 is 1.18 bits per heavy atom. The largest absolute Gasteiger partial charge is 0.384 e. The lowest BCUT2D eigenvalue weighted by Crippen LogP contribution is -2.01. The molecule has 0 fully saturated rings. The van der Waals surface area contributed by atoms with Gasteiger partial charge in [-0.2, -0.15) is 0 Å². The maximum absolute atomic E-state index is 10.8. The van der Waals surface area contributed by atoms with E-state index in [4.69, 9.17) is 5.73 Å². The first-order valence-corrected chi connectivity index (χ1v) is 4.90. The molecule has 86 valence electrons. The molecule has 1 aromatic heterocycles. The zero-order valence-corrected chi connectivity index (χ0v) is 8.83. The summed E-state index contributed by atoms with van der Waals surface area (Å²) in [6.07, 6.45) is 0. The number of para-hydroxylation sites is 1. The zero-order chi connectivity index (χ0) is 12.3. The molecular formula is C11H10N4O2. The maximum Gasteiger partial charge on any atom is 0.311 e. The van der Waals surface area contributed by atoms with E-state index in [-0.39, 0.29) is 17.3 Å². The van der Waals surface area contributed by atoms with Gasteiger partial charge in [-0.3, -0.25) is 10.1 Å². The van der Waals surface area contributed by atoms with Crippen molar-refractivity contribution in [2.24, 2.45) is 0 Å². The number of pyridine rings is 1. The first kappa shape index (κ1) is 10.9. The molecule has 0 aliphatic rings. The Labute approximate surface area is 97.3 Å². The Kier molecular flexibility index (Phi) is 2.87. The fourth-order valence-corrected chi connectivity index (χ4v) is 1.36. The smallest absolute Gasteiger partial charge is 0.311 e. The molecule has 0 bridgehead atoms. The van der Waals surface area contributed by atoms with Crippen LogP contribution in [0.2, 0.25) is 0 Å². The van der Waals surface area contributed by atoms with Crippen LogP contribution < -0.4 is 11.1 Å². The van der Waals surface area contributed by atoms with Crippen molar-refractivity contribution in [2.75, 3.05) is 11.1 Å². The van der Waals surface area contributed by atoms with Crippen molar-refractivity contribution in [3.8, 4) is 0 Å². The van der Waals surface area contributed by atoms with Gasteiger partial charge in [0.1, 0.15) is 5.82 Å². The van der Waals surface area contributed by atoms with Crippen molar-refractivity contribution < 1.29 is 4.92 Å². The van der Waals surface area contributed by atoms with Gasteiger partial charge in [-0.1, -0.05) is 18.2 Å². The normalized spacial score (nSPS) is 9.88. The zero-order valence-electron chi connectivity index (χ0n) is 8.83. The van der Waals surface area contributed by atoms with Crippen molar-refractivity contribution in [1.29, 1.82) is 0 Å². The second kappa shape index (κ2) is 4.48. The Hall–Kier alpha value is -2.63. The number of hydrogen-bond donors (Lipinski definition) is 2. The summed E-state index contributed by atoms with van der Waals surface area (Å²) >= 11 is 0. The molecule has 0 spiro atoms. The third kappa shape index (κ3) is 2.49. The van der Waals surface area contributed by atoms with Crippen molar-refractivity contribution in [1.82, 2.24) is 4.98 Å². The van der Waals surface area contributed by atoms with Gasteiger partial charge in [0.25, 0.3) is 0 Å². The number of nitrogens with one attached hydrogen (secondary N) is 1. The number of nitrogens with zero attached hydrogens (tertiary/aromatic N) is 2. The molecule has 1 heterocycles. The van der Waals surface area contributed by atoms with Gasteiger partial charge in [0.2, 0.25) is 5.82 Å². The third-order valence-corrected chi connectivity index (χ3v) is 2.13. The minimum absolute atomic E-state index is 0.108. The van der Waals surface area contributed by atoms with E-state index in [0.29, 0.717) is 5.69 Å². The van der Waals surface area contributed by atoms with E-state index in [0.717, 1.165) is 0 Å². The van der Waals surface area contributed by atoms with Crippen LogP contribution in [0.3, 0.4) is 0 Å². The number of hydrogen-bond acceptors (Lipinski definition) is 5. The summed E-state index contributed by atoms with van der Waals surface area (Å²) in [4.78, 5) is 14.2. The number of aromatic nitrogens is 1. The van der Waals surface area contributed by atoms with E-state index < -0.39 is 4.92 Å². The number of benzene rings is 1. The van der Waals surface area contributed by atoms with Crippen molar-refractivity contribution >= 4 is 23.0 Å². The standard InChI is InChI=1S/C11H10N4O2/c12-10-7-6-9(15(16)17)11(14-10)13-8-4-2-1-3-5-8/h1-7H,(H3,12,13,14). The Bertz CT molecular complexity index is 542. The van der Waals surface area contributed by atoms with Crippen LogP contribution in [-0.4, -0.2) is 9.91 Å². The fraction of sp³-hybridized carbons (Fsp3) is 0. The predicted octanol–water partition coefficient (Wildman–Crippen LogP) is 2.32. The minimum atomic E-state index is -0.502. The molecule has 6 nitrogen and oxygen atoms in total. The van der Waals surface area contributed by atoms with Crippen molar-refractivity contribution in [2.45, 2.75) is 0 Å². The highest BCUT2D eigenvalue weighted by Crippen LogP contribution is 2.26. The van der Waals surface area contributed by atoms with E-state index in [1.54, 1.807) is 12.1 Å². The molecule has 0 saturated heterocycles. The fourth-order valence-electron chi connectivity index (χ4n) is 1.36. The van der Waals surface area contributed by atoms with Crippen molar-refractivity contribution in [3.05, 3.63) is 52.6 Å². The van der Waals surface area contributed by atoms with Gasteiger partial charge in [-0.25, -0.2) is 4.98 Å². The van der Waals surface area contributed by atoms with Crippen LogP contribution in [0.15, 0.2) is 42.5 Å². The summed E-state index contributed by atoms with van der Waals surface area (Å²) in [6.45, 7) is 0. The van der Waals surface area contributed by atoms with Crippen LogP contribution in [-0.2, 0) is 0 Å². The van der Waals surface area contributed by atoms with E-state index >= 15 is 0 Å². The molecular weight excluding hydrogens is 220 g/mol. The highest BCUT2D eigenvalue weighted by molar-refractivity contribution is 5.67. The Morgan fingerprint density at radius 2 is 1.88 bits per heavy atom. The van der Waals surface area contributed by atoms with E-state index in [1.165, 1.54) is 12.1 Å². The van der Waals surface area contributed by atoms with E-state index in [2.05, 4.69) is 10.3 Å². The molecule has 0 radical (unpaired) electrons. The number of rotatable bonds is 3. The molecule has 3 N–H and O–H groups in total. The molecule has 17 heavy (non-hydrogen) atoms. The molecule has 0 aliphatic heterocycles. The topological polar surface area (TPSA) is 94.1 Å². The van der Waals surface area contributed by atoms with Gasteiger partial charge >= 0.3 is 5.69 Å². The van der Waals surface area contributed by atoms with E-state index in [9.17, 15) is 10.1 Å². The van der Waals surface area contributed by atoms with Gasteiger partial charge in [-0.05, 0) is 18.2 Å². The molecule has 0 amide bonds. The summed E-state index contributed by atoms with van der Waals surface area (Å²) in [5.41, 5.74) is 6.12. The lowest BCUT2D eigenvalue weighted by atomic mass is 10.3. The molecule has 0 atom stereocenters. The van der Waals surface area contributed by atoms with Crippen LogP contribution in [0.5, 0.6) is 0 Å². The maximum atomic E-state index is 10.8. The SMILES string of the molecule is Nc1ccc([N+](=O)[O-])c(Nc2ccccc2)n1. The molecule has 1 aromatic carbocycles. The van der Waals surface area contributed by atoms with Gasteiger partial charge in [-0.15, -0.1) is 0 Å². The number of nitrogens with two attached hydrogens (primary N) is 1. The highest BCUT2D eigenvalue weighted by Gasteiger charge is 2.15. The second-order valence-electron chi connectivity index (χ2n) is 3.35. The average Bonchev–Trinajstić information content (AvgIpc) is 2.30. The first-order valence-electron chi connectivity index (χ1n) is 4.90. The van der Waals surface area contributed by atoms with Gasteiger partial charge in [0.05, 0.1) is 4.92 Å². The molecule has 2 aromatic rings. The number of anilines is 3. The molecule has 6 heteroatoms. The lowest BCUT2D eigenvalue weighted by molar-refractivity contribution is -0.384. The molecule has 0 unspecified atom stereocenters. The van der Waals surface area contributed by atoms with Crippen molar-refractivity contribution in [3.63, 3.8) is 0 Å². The quantitative estimate of drug-likeness (QED) is 0.623. The van der Waals surface area contributed by atoms with Gasteiger partial charge < -0.3 is 11.1 Å². The summed E-state index contributed by atoms with van der Waals surface area (Å²) < 4.78 is 0. The third-order valence-electron chi connectivity index (χ3n) is 2.13. The predicted molar refractivity (Wildman–Crippen MR) is 65.0 cm³/mol.